The number of ether oxygens (including phenoxy) is 1. The van der Waals surface area contributed by atoms with Gasteiger partial charge in [0, 0.05) is 36.7 Å². The van der Waals surface area contributed by atoms with Crippen molar-refractivity contribution >= 4 is 23.4 Å². The Kier molecular flexibility index (Phi) is 7.20. The van der Waals surface area contributed by atoms with Gasteiger partial charge in [0.25, 0.3) is 5.91 Å². The number of fused-ring (bicyclic) bond motifs is 5. The summed E-state index contributed by atoms with van der Waals surface area (Å²) in [6.07, 6.45) is 0.628. The number of aryl methyl sites for hydroxylation is 1. The smallest absolute Gasteiger partial charge is 0.407 e. The molecule has 0 bridgehead atoms. The van der Waals surface area contributed by atoms with Crippen LogP contribution in [0.3, 0.4) is 0 Å². The molecule has 1 aromatic heterocycles. The molecule has 6 rings (SSSR count). The van der Waals surface area contributed by atoms with Crippen LogP contribution in [-0.4, -0.2) is 52.4 Å². The Bertz CT molecular complexity index is 1630. The lowest BCUT2D eigenvalue weighted by Gasteiger charge is -2.29. The van der Waals surface area contributed by atoms with Gasteiger partial charge in [0.1, 0.15) is 12.3 Å². The number of nitrogens with one attached hydrogen (secondary N) is 1. The third-order valence-corrected chi connectivity index (χ3v) is 7.26. The Hall–Kier alpha value is -4.99. The number of amides is 2. The summed E-state index contributed by atoms with van der Waals surface area (Å²) in [6.45, 7) is 3.29. The lowest BCUT2D eigenvalue weighted by molar-refractivity contribution is 0.0818. The van der Waals surface area contributed by atoms with Gasteiger partial charge in [0.15, 0.2) is 6.10 Å². The van der Waals surface area contributed by atoms with Crippen LogP contribution in [0.4, 0.5) is 10.5 Å². The number of oxime groups is 1. The fourth-order valence-electron chi connectivity index (χ4n) is 5.27. The van der Waals surface area contributed by atoms with E-state index in [4.69, 9.17) is 9.57 Å². The van der Waals surface area contributed by atoms with Crippen molar-refractivity contribution in [2.45, 2.75) is 39.0 Å². The van der Waals surface area contributed by atoms with Crippen LogP contribution in [0.1, 0.15) is 41.3 Å². The first-order valence-electron chi connectivity index (χ1n) is 13.7. The number of para-hydroxylation sites is 1. The van der Waals surface area contributed by atoms with Crippen LogP contribution in [0.2, 0.25) is 0 Å². The SMILES string of the molecule is CCCn1nnc2c1-c1ccccc1C(=O)N(CC1CC(c3ccc(COC(=O)NC)cc3)=NO1)c1ccccc1-2. The number of hydrogen-bond donors (Lipinski definition) is 1. The normalized spacial score (nSPS) is 15.6. The molecule has 0 saturated carbocycles. The zero-order chi connectivity index (χ0) is 28.3. The lowest BCUT2D eigenvalue weighted by atomic mass is 9.94. The van der Waals surface area contributed by atoms with E-state index in [2.05, 4.69) is 27.7 Å². The van der Waals surface area contributed by atoms with Crippen molar-refractivity contribution in [1.82, 2.24) is 20.3 Å². The van der Waals surface area contributed by atoms with Gasteiger partial charge in [-0.2, -0.15) is 0 Å². The summed E-state index contributed by atoms with van der Waals surface area (Å²) in [4.78, 5) is 33.2. The highest BCUT2D eigenvalue weighted by Crippen LogP contribution is 2.41. The minimum Gasteiger partial charge on any atom is -0.445 e. The first-order chi connectivity index (χ1) is 20.1. The van der Waals surface area contributed by atoms with Crippen LogP contribution in [0.5, 0.6) is 0 Å². The second kappa shape index (κ2) is 11.2. The van der Waals surface area contributed by atoms with Crippen LogP contribution in [0.15, 0.2) is 78.0 Å². The topological polar surface area (TPSA) is 111 Å². The third kappa shape index (κ3) is 5.04. The van der Waals surface area contributed by atoms with Crippen molar-refractivity contribution in [3.63, 3.8) is 0 Å². The van der Waals surface area contributed by atoms with Crippen LogP contribution in [0.25, 0.3) is 22.5 Å². The highest BCUT2D eigenvalue weighted by molar-refractivity contribution is 6.14. The second-order valence-corrected chi connectivity index (χ2v) is 9.98. The molecule has 2 aliphatic heterocycles. The maximum absolute atomic E-state index is 14.2. The van der Waals surface area contributed by atoms with Gasteiger partial charge >= 0.3 is 6.09 Å². The van der Waals surface area contributed by atoms with E-state index >= 15 is 0 Å². The molecule has 3 aromatic carbocycles. The molecular weight excluding hydrogens is 520 g/mol. The average Bonchev–Trinajstić information content (AvgIpc) is 3.65. The molecule has 4 aromatic rings. The predicted molar refractivity (Wildman–Crippen MR) is 155 cm³/mol. The van der Waals surface area contributed by atoms with Gasteiger partial charge in [-0.05, 0) is 29.7 Å². The molecule has 2 amide bonds. The quantitative estimate of drug-likeness (QED) is 0.346. The number of aromatic nitrogens is 3. The van der Waals surface area contributed by atoms with E-state index in [1.807, 2.05) is 77.5 Å². The molecule has 10 nitrogen and oxygen atoms in total. The number of alkyl carbamates (subject to hydrolysis) is 1. The summed E-state index contributed by atoms with van der Waals surface area (Å²) in [7, 11) is 1.52. The highest BCUT2D eigenvalue weighted by atomic mass is 16.6. The van der Waals surface area contributed by atoms with Crippen molar-refractivity contribution < 1.29 is 19.2 Å². The summed E-state index contributed by atoms with van der Waals surface area (Å²) in [6, 6.07) is 23.1. The largest absolute Gasteiger partial charge is 0.445 e. The van der Waals surface area contributed by atoms with Crippen LogP contribution in [-0.2, 0) is 22.7 Å². The predicted octanol–water partition coefficient (Wildman–Crippen LogP) is 5.03. The molecule has 0 fully saturated rings. The van der Waals surface area contributed by atoms with Crippen LogP contribution < -0.4 is 10.2 Å². The average molecular weight is 551 g/mol. The number of rotatable bonds is 7. The molecule has 1 N–H and O–H groups in total. The maximum atomic E-state index is 14.2. The van der Waals surface area contributed by atoms with Crippen molar-refractivity contribution in [3.8, 4) is 22.5 Å². The molecule has 10 heteroatoms. The Balaban J connectivity index is 1.27. The van der Waals surface area contributed by atoms with Gasteiger partial charge in [-0.1, -0.05) is 78.0 Å². The molecule has 208 valence electrons. The fourth-order valence-corrected chi connectivity index (χ4v) is 5.27. The van der Waals surface area contributed by atoms with E-state index < -0.39 is 6.09 Å². The van der Waals surface area contributed by atoms with E-state index in [0.29, 0.717) is 25.1 Å². The van der Waals surface area contributed by atoms with Gasteiger partial charge in [-0.25, -0.2) is 9.48 Å². The molecule has 41 heavy (non-hydrogen) atoms. The molecular formula is C31H30N6O4. The number of benzene rings is 3. The van der Waals surface area contributed by atoms with E-state index in [0.717, 1.165) is 51.5 Å². The minimum absolute atomic E-state index is 0.111. The Morgan fingerprint density at radius 3 is 2.51 bits per heavy atom. The third-order valence-electron chi connectivity index (χ3n) is 7.26. The summed E-state index contributed by atoms with van der Waals surface area (Å²) in [5.74, 6) is -0.111. The zero-order valence-corrected chi connectivity index (χ0v) is 22.9. The zero-order valence-electron chi connectivity index (χ0n) is 22.9. The van der Waals surface area contributed by atoms with Gasteiger partial charge in [-0.15, -0.1) is 5.10 Å². The fraction of sp³-hybridized carbons (Fsp3) is 0.258. The lowest BCUT2D eigenvalue weighted by Crippen LogP contribution is -2.39. The van der Waals surface area contributed by atoms with E-state index in [1.54, 1.807) is 4.90 Å². The Morgan fingerprint density at radius 2 is 1.76 bits per heavy atom. The molecule has 0 aliphatic carbocycles. The number of nitrogens with zero attached hydrogens (tertiary/aromatic N) is 5. The molecule has 0 radical (unpaired) electrons. The van der Waals surface area contributed by atoms with Crippen LogP contribution in [0, 0.1) is 0 Å². The first-order valence-corrected chi connectivity index (χ1v) is 13.7. The highest BCUT2D eigenvalue weighted by Gasteiger charge is 2.34. The van der Waals surface area contributed by atoms with Crippen molar-refractivity contribution in [1.29, 1.82) is 0 Å². The molecule has 1 unspecified atom stereocenters. The molecule has 0 spiro atoms. The van der Waals surface area contributed by atoms with Crippen molar-refractivity contribution in [2.24, 2.45) is 5.16 Å². The minimum atomic E-state index is -0.477. The second-order valence-electron chi connectivity index (χ2n) is 9.98. The van der Waals surface area contributed by atoms with Gasteiger partial charge in [0.2, 0.25) is 0 Å². The Morgan fingerprint density at radius 1 is 1.02 bits per heavy atom. The van der Waals surface area contributed by atoms with Gasteiger partial charge in [-0.3, -0.25) is 4.79 Å². The number of carbonyl (C=O) groups is 2. The van der Waals surface area contributed by atoms with E-state index in [9.17, 15) is 9.59 Å². The molecule has 3 heterocycles. The van der Waals surface area contributed by atoms with Crippen molar-refractivity contribution in [3.05, 3.63) is 89.5 Å². The first kappa shape index (κ1) is 26.2. The maximum Gasteiger partial charge on any atom is 0.407 e. The summed E-state index contributed by atoms with van der Waals surface area (Å²) in [5, 5.41) is 15.8. The summed E-state index contributed by atoms with van der Waals surface area (Å²) < 4.78 is 7.00. The monoisotopic (exact) mass is 550 g/mol. The van der Waals surface area contributed by atoms with Crippen molar-refractivity contribution in [2.75, 3.05) is 18.5 Å². The summed E-state index contributed by atoms with van der Waals surface area (Å²) in [5.41, 5.74) is 7.20. The molecule has 2 aliphatic rings. The standard InChI is InChI=1S/C31H30N6O4/c1-3-16-37-29-23-8-4-5-9-24(23)30(38)36(27-11-7-6-10-25(27)28(29)33-35-37)18-22-17-26(34-41-22)21-14-12-20(13-15-21)19-40-31(39)32-2/h4-15,22H,3,16-19H2,1-2H3,(H,32,39). The van der Waals surface area contributed by atoms with E-state index in [-0.39, 0.29) is 18.6 Å². The van der Waals surface area contributed by atoms with E-state index in [1.165, 1.54) is 7.05 Å². The number of anilines is 1. The molecule has 0 saturated heterocycles. The van der Waals surface area contributed by atoms with Crippen LogP contribution >= 0.6 is 0 Å². The summed E-state index contributed by atoms with van der Waals surface area (Å²) >= 11 is 0. The van der Waals surface area contributed by atoms with Gasteiger partial charge < -0.3 is 19.8 Å². The Labute approximate surface area is 237 Å². The van der Waals surface area contributed by atoms with Gasteiger partial charge in [0.05, 0.1) is 23.6 Å². The number of hydrogen-bond acceptors (Lipinski definition) is 7. The molecule has 1 atom stereocenters. The number of carbonyl (C=O) groups excluding carboxylic acids is 2.